The summed E-state index contributed by atoms with van der Waals surface area (Å²) in [5, 5.41) is 22.7. The van der Waals surface area contributed by atoms with Gasteiger partial charge in [0.05, 0.1) is 23.7 Å². The average Bonchev–Trinajstić information content (AvgIpc) is 3.51. The number of nitro groups is 1. The second-order valence-electron chi connectivity index (χ2n) is 9.69. The van der Waals surface area contributed by atoms with Crippen molar-refractivity contribution in [2.24, 2.45) is 0 Å². The Balaban J connectivity index is 1.56. The van der Waals surface area contributed by atoms with Gasteiger partial charge in [0.25, 0.3) is 5.69 Å². The van der Waals surface area contributed by atoms with Crippen LogP contribution in [-0.2, 0) is 10.3 Å². The van der Waals surface area contributed by atoms with E-state index in [1.807, 2.05) is 54.6 Å². The number of hydrogen-bond donors (Lipinski definition) is 1. The fourth-order valence-corrected chi connectivity index (χ4v) is 5.46. The molecule has 0 amide bonds. The van der Waals surface area contributed by atoms with E-state index in [4.69, 9.17) is 4.74 Å². The van der Waals surface area contributed by atoms with Crippen molar-refractivity contribution in [1.29, 1.82) is 0 Å². The number of aliphatic hydroxyl groups excluding tert-OH is 1. The van der Waals surface area contributed by atoms with E-state index in [2.05, 4.69) is 41.3 Å². The fourth-order valence-electron chi connectivity index (χ4n) is 5.46. The summed E-state index contributed by atoms with van der Waals surface area (Å²) < 4.78 is 7.06. The maximum Gasteiger partial charge on any atom is 0.269 e. The lowest BCUT2D eigenvalue weighted by atomic mass is 9.80. The highest BCUT2D eigenvalue weighted by molar-refractivity contribution is 5.47. The smallest absolute Gasteiger partial charge is 0.269 e. The highest BCUT2D eigenvalue weighted by atomic mass is 16.6. The van der Waals surface area contributed by atoms with E-state index >= 15 is 0 Å². The molecule has 4 aromatic carbocycles. The first kappa shape index (κ1) is 25.8. The molecule has 2 atom stereocenters. The summed E-state index contributed by atoms with van der Waals surface area (Å²) in [4.78, 5) is 13.0. The summed E-state index contributed by atoms with van der Waals surface area (Å²) in [6.45, 7) is 2.00. The minimum Gasteiger partial charge on any atom is -0.387 e. The molecule has 0 radical (unpaired) electrons. The van der Waals surface area contributed by atoms with Crippen LogP contribution in [0.1, 0.15) is 41.2 Å². The maximum atomic E-state index is 11.6. The molecule has 6 nitrogen and oxygen atoms in total. The van der Waals surface area contributed by atoms with Crippen LogP contribution in [0.4, 0.5) is 5.69 Å². The van der Waals surface area contributed by atoms with Gasteiger partial charge in [0.1, 0.15) is 5.60 Å². The number of nitro benzene ring substituents is 1. The Labute approximate surface area is 223 Å². The van der Waals surface area contributed by atoms with Crippen LogP contribution in [0.25, 0.3) is 0 Å². The predicted molar refractivity (Wildman–Crippen MR) is 148 cm³/mol. The minimum absolute atomic E-state index is 0.00572. The van der Waals surface area contributed by atoms with Crippen LogP contribution < -0.4 is 0 Å². The van der Waals surface area contributed by atoms with Gasteiger partial charge in [-0.15, -0.1) is 0 Å². The van der Waals surface area contributed by atoms with Crippen molar-refractivity contribution in [2.75, 3.05) is 19.7 Å². The van der Waals surface area contributed by atoms with Crippen molar-refractivity contribution in [3.8, 4) is 0 Å². The average molecular weight is 509 g/mol. The molecule has 4 aromatic rings. The second kappa shape index (κ2) is 11.7. The molecule has 38 heavy (non-hydrogen) atoms. The molecule has 194 valence electrons. The number of likely N-dealkylation sites (tertiary alicyclic amines) is 1. The molecule has 1 N–H and O–H groups in total. The van der Waals surface area contributed by atoms with Crippen LogP contribution in [0.3, 0.4) is 0 Å². The molecule has 0 aliphatic carbocycles. The van der Waals surface area contributed by atoms with Gasteiger partial charge in [0.2, 0.25) is 0 Å². The number of aliphatic hydroxyl groups is 1. The Kier molecular flexibility index (Phi) is 7.94. The monoisotopic (exact) mass is 508 g/mol. The van der Waals surface area contributed by atoms with Crippen LogP contribution in [0.15, 0.2) is 115 Å². The lowest BCUT2D eigenvalue weighted by Gasteiger charge is -2.39. The molecule has 1 fully saturated rings. The SMILES string of the molecule is O=[N+]([O-])c1ccc([C@@H](O)[C@@H](COC(c2ccccc2)(c2ccccc2)c2ccccc2)N2CCCC2)cc1. The third-order valence-corrected chi connectivity index (χ3v) is 7.43. The Hall–Kier alpha value is -3.84. The van der Waals surface area contributed by atoms with Gasteiger partial charge in [0.15, 0.2) is 0 Å². The van der Waals surface area contributed by atoms with E-state index in [0.717, 1.165) is 42.6 Å². The Bertz CT molecular complexity index is 1210. The van der Waals surface area contributed by atoms with E-state index in [-0.39, 0.29) is 18.3 Å². The van der Waals surface area contributed by atoms with Gasteiger partial charge in [-0.1, -0.05) is 91.0 Å². The van der Waals surface area contributed by atoms with Gasteiger partial charge in [0, 0.05) is 12.1 Å². The van der Waals surface area contributed by atoms with Crippen molar-refractivity contribution in [1.82, 2.24) is 4.90 Å². The number of benzene rings is 4. The summed E-state index contributed by atoms with van der Waals surface area (Å²) in [5.41, 5.74) is 2.76. The first-order chi connectivity index (χ1) is 18.6. The van der Waals surface area contributed by atoms with Crippen LogP contribution in [0, 0.1) is 10.1 Å². The van der Waals surface area contributed by atoms with Crippen LogP contribution >= 0.6 is 0 Å². The van der Waals surface area contributed by atoms with Crippen molar-refractivity contribution in [3.63, 3.8) is 0 Å². The van der Waals surface area contributed by atoms with E-state index in [0.29, 0.717) is 5.56 Å². The lowest BCUT2D eigenvalue weighted by Crippen LogP contribution is -2.44. The van der Waals surface area contributed by atoms with Crippen LogP contribution in [0.2, 0.25) is 0 Å². The van der Waals surface area contributed by atoms with E-state index in [1.54, 1.807) is 12.1 Å². The summed E-state index contributed by atoms with van der Waals surface area (Å²) in [6, 6.07) is 36.4. The lowest BCUT2D eigenvalue weighted by molar-refractivity contribution is -0.384. The summed E-state index contributed by atoms with van der Waals surface area (Å²) >= 11 is 0. The molecule has 0 aromatic heterocycles. The maximum absolute atomic E-state index is 11.6. The van der Waals surface area contributed by atoms with Gasteiger partial charge in [-0.3, -0.25) is 15.0 Å². The number of rotatable bonds is 10. The number of hydrogen-bond acceptors (Lipinski definition) is 5. The van der Waals surface area contributed by atoms with Crippen molar-refractivity contribution >= 4 is 5.69 Å². The van der Waals surface area contributed by atoms with Crippen molar-refractivity contribution in [2.45, 2.75) is 30.6 Å². The van der Waals surface area contributed by atoms with Crippen molar-refractivity contribution < 1.29 is 14.8 Å². The zero-order valence-corrected chi connectivity index (χ0v) is 21.2. The predicted octanol–water partition coefficient (Wildman–Crippen LogP) is 6.10. The molecule has 1 aliphatic rings. The van der Waals surface area contributed by atoms with E-state index in [9.17, 15) is 15.2 Å². The quantitative estimate of drug-likeness (QED) is 0.159. The fraction of sp³-hybridized carbons (Fsp3) is 0.250. The van der Waals surface area contributed by atoms with E-state index in [1.165, 1.54) is 12.1 Å². The minimum atomic E-state index is -0.892. The Morgan fingerprint density at radius 2 is 1.21 bits per heavy atom. The Morgan fingerprint density at radius 1 is 0.763 bits per heavy atom. The second-order valence-corrected chi connectivity index (χ2v) is 9.69. The summed E-state index contributed by atoms with van der Waals surface area (Å²) in [7, 11) is 0. The standard InChI is InChI=1S/C32H32N2O4/c35-31(25-18-20-29(21-19-25)34(36)37)30(33-22-10-11-23-33)24-38-32(26-12-4-1-5-13-26,27-14-6-2-7-15-27)28-16-8-3-9-17-28/h1-9,12-21,30-31,35H,10-11,22-24H2/t30-,31-/m1/s1. The third-order valence-electron chi connectivity index (χ3n) is 7.43. The van der Waals surface area contributed by atoms with Crippen molar-refractivity contribution in [3.05, 3.63) is 148 Å². The molecular weight excluding hydrogens is 476 g/mol. The van der Waals surface area contributed by atoms with Crippen LogP contribution in [-0.4, -0.2) is 40.7 Å². The molecular formula is C32H32N2O4. The molecule has 0 bridgehead atoms. The van der Waals surface area contributed by atoms with Gasteiger partial charge in [-0.05, 0) is 60.3 Å². The molecule has 1 saturated heterocycles. The molecule has 0 spiro atoms. The number of nitrogens with zero attached hydrogens (tertiary/aromatic N) is 2. The van der Waals surface area contributed by atoms with Gasteiger partial charge in [-0.2, -0.15) is 0 Å². The summed E-state index contributed by atoms with van der Waals surface area (Å²) in [6.07, 6.45) is 1.25. The summed E-state index contributed by atoms with van der Waals surface area (Å²) in [5.74, 6) is 0. The van der Waals surface area contributed by atoms with Gasteiger partial charge in [-0.25, -0.2) is 0 Å². The molecule has 0 saturated carbocycles. The highest BCUT2D eigenvalue weighted by Gasteiger charge is 2.40. The molecule has 1 aliphatic heterocycles. The molecule has 1 heterocycles. The number of non-ortho nitro benzene ring substituents is 1. The normalized spacial score (nSPS) is 15.7. The topological polar surface area (TPSA) is 75.8 Å². The van der Waals surface area contributed by atoms with Gasteiger partial charge < -0.3 is 9.84 Å². The van der Waals surface area contributed by atoms with Gasteiger partial charge >= 0.3 is 0 Å². The Morgan fingerprint density at radius 3 is 1.63 bits per heavy atom. The number of ether oxygens (including phenoxy) is 1. The van der Waals surface area contributed by atoms with Crippen LogP contribution in [0.5, 0.6) is 0 Å². The third kappa shape index (κ3) is 5.24. The molecule has 6 heteroatoms. The largest absolute Gasteiger partial charge is 0.387 e. The highest BCUT2D eigenvalue weighted by Crippen LogP contribution is 2.41. The first-order valence-electron chi connectivity index (χ1n) is 13.1. The zero-order chi connectivity index (χ0) is 26.4. The molecule has 0 unspecified atom stereocenters. The zero-order valence-electron chi connectivity index (χ0n) is 21.2. The molecule has 5 rings (SSSR count). The van der Waals surface area contributed by atoms with E-state index < -0.39 is 16.6 Å². The first-order valence-corrected chi connectivity index (χ1v) is 13.1.